The van der Waals surface area contributed by atoms with E-state index in [1.807, 2.05) is 82.6 Å². The summed E-state index contributed by atoms with van der Waals surface area (Å²) in [4.78, 5) is 30.7. The molecule has 0 N–H and O–H groups in total. The zero-order valence-corrected chi connectivity index (χ0v) is 21.7. The molecule has 0 saturated heterocycles. The van der Waals surface area contributed by atoms with Crippen molar-refractivity contribution < 1.29 is 9.59 Å². The molecule has 0 aromatic heterocycles. The van der Waals surface area contributed by atoms with E-state index in [0.717, 1.165) is 43.2 Å². The van der Waals surface area contributed by atoms with Crippen molar-refractivity contribution in [1.29, 1.82) is 0 Å². The Kier molecular flexibility index (Phi) is 10.1. The molecule has 0 aliphatic heterocycles. The molecule has 0 heterocycles. The second-order valence-corrected chi connectivity index (χ2v) is 9.85. The summed E-state index contributed by atoms with van der Waals surface area (Å²) >= 11 is 0. The third-order valence-corrected chi connectivity index (χ3v) is 7.17. The van der Waals surface area contributed by atoms with Gasteiger partial charge in [-0.25, -0.2) is 0 Å². The summed E-state index contributed by atoms with van der Waals surface area (Å²) in [5, 5.41) is 0. The highest BCUT2D eigenvalue weighted by Crippen LogP contribution is 2.23. The standard InChI is InChI=1S/C33H38N2O2/c36-32(34(27-30-17-9-3-10-18-30)25-23-29-15-7-2-8-16-29)24-26-35(31-19-11-4-12-20-31)33(37)22-21-28-13-5-1-6-14-28/h1-3,5-10,13-18,21-22,31H,4,11-12,19-20,23-27H2/b22-21+. The Hall–Kier alpha value is -3.66. The first kappa shape index (κ1) is 26.4. The lowest BCUT2D eigenvalue weighted by molar-refractivity contribution is -0.134. The van der Waals surface area contributed by atoms with E-state index < -0.39 is 0 Å². The average molecular weight is 495 g/mol. The summed E-state index contributed by atoms with van der Waals surface area (Å²) in [7, 11) is 0. The molecule has 37 heavy (non-hydrogen) atoms. The van der Waals surface area contributed by atoms with Crippen molar-refractivity contribution in [3.8, 4) is 0 Å². The number of amides is 2. The van der Waals surface area contributed by atoms with E-state index in [0.29, 0.717) is 26.1 Å². The Balaban J connectivity index is 1.43. The summed E-state index contributed by atoms with van der Waals surface area (Å²) in [5.74, 6) is 0.0999. The molecule has 3 aromatic carbocycles. The molecule has 3 aromatic rings. The van der Waals surface area contributed by atoms with Crippen LogP contribution in [0.5, 0.6) is 0 Å². The van der Waals surface area contributed by atoms with Crippen LogP contribution < -0.4 is 0 Å². The summed E-state index contributed by atoms with van der Waals surface area (Å²) in [6.07, 6.45) is 10.2. The van der Waals surface area contributed by atoms with Gasteiger partial charge in [0.15, 0.2) is 0 Å². The minimum absolute atomic E-state index is 0.00227. The van der Waals surface area contributed by atoms with Crippen molar-refractivity contribution in [2.75, 3.05) is 13.1 Å². The van der Waals surface area contributed by atoms with E-state index in [2.05, 4.69) is 24.3 Å². The Bertz CT molecular complexity index is 1120. The van der Waals surface area contributed by atoms with E-state index in [4.69, 9.17) is 0 Å². The molecule has 1 saturated carbocycles. The van der Waals surface area contributed by atoms with Crippen molar-refractivity contribution in [3.63, 3.8) is 0 Å². The van der Waals surface area contributed by atoms with E-state index >= 15 is 0 Å². The normalized spacial score (nSPS) is 13.9. The first-order chi connectivity index (χ1) is 18.2. The van der Waals surface area contributed by atoms with Crippen LogP contribution in [-0.4, -0.2) is 40.7 Å². The smallest absolute Gasteiger partial charge is 0.246 e. The van der Waals surface area contributed by atoms with Crippen molar-refractivity contribution in [2.45, 2.75) is 57.5 Å². The van der Waals surface area contributed by atoms with Crippen LogP contribution in [0.25, 0.3) is 6.08 Å². The van der Waals surface area contributed by atoms with E-state index in [1.54, 1.807) is 6.08 Å². The Labute approximate surface area is 221 Å². The monoisotopic (exact) mass is 494 g/mol. The molecule has 0 bridgehead atoms. The molecule has 1 fully saturated rings. The number of nitrogens with zero attached hydrogens (tertiary/aromatic N) is 2. The van der Waals surface area contributed by atoms with E-state index in [1.165, 1.54) is 12.0 Å². The molecular weight excluding hydrogens is 456 g/mol. The minimum Gasteiger partial charge on any atom is -0.338 e. The summed E-state index contributed by atoms with van der Waals surface area (Å²) in [6, 6.07) is 30.6. The van der Waals surface area contributed by atoms with Gasteiger partial charge in [0, 0.05) is 38.2 Å². The van der Waals surface area contributed by atoms with Gasteiger partial charge in [-0.3, -0.25) is 9.59 Å². The number of rotatable bonds is 11. The fraction of sp³-hybridized carbons (Fsp3) is 0.333. The topological polar surface area (TPSA) is 40.6 Å². The Morgan fingerprint density at radius 3 is 1.97 bits per heavy atom. The molecule has 4 rings (SSSR count). The molecule has 0 atom stereocenters. The Morgan fingerprint density at radius 2 is 1.32 bits per heavy atom. The second kappa shape index (κ2) is 14.2. The van der Waals surface area contributed by atoms with Gasteiger partial charge in [0.05, 0.1) is 0 Å². The van der Waals surface area contributed by atoms with Gasteiger partial charge in [-0.2, -0.15) is 0 Å². The zero-order chi connectivity index (χ0) is 25.7. The van der Waals surface area contributed by atoms with Crippen LogP contribution in [0.3, 0.4) is 0 Å². The lowest BCUT2D eigenvalue weighted by atomic mass is 9.94. The maximum Gasteiger partial charge on any atom is 0.246 e. The van der Waals surface area contributed by atoms with Crippen molar-refractivity contribution in [1.82, 2.24) is 9.80 Å². The van der Waals surface area contributed by atoms with Gasteiger partial charge in [0.2, 0.25) is 11.8 Å². The van der Waals surface area contributed by atoms with Gasteiger partial charge < -0.3 is 9.80 Å². The number of hydrogen-bond acceptors (Lipinski definition) is 2. The maximum atomic E-state index is 13.5. The third-order valence-electron chi connectivity index (χ3n) is 7.17. The summed E-state index contributed by atoms with van der Waals surface area (Å²) < 4.78 is 0. The molecule has 2 amide bonds. The molecule has 1 aliphatic rings. The molecule has 0 unspecified atom stereocenters. The highest BCUT2D eigenvalue weighted by Gasteiger charge is 2.25. The van der Waals surface area contributed by atoms with Crippen LogP contribution in [0.4, 0.5) is 0 Å². The molecule has 4 nitrogen and oxygen atoms in total. The first-order valence-electron chi connectivity index (χ1n) is 13.6. The predicted molar refractivity (Wildman–Crippen MR) is 151 cm³/mol. The fourth-order valence-electron chi connectivity index (χ4n) is 5.07. The second-order valence-electron chi connectivity index (χ2n) is 9.85. The van der Waals surface area contributed by atoms with Gasteiger partial charge in [0.25, 0.3) is 0 Å². The van der Waals surface area contributed by atoms with Crippen molar-refractivity contribution in [3.05, 3.63) is 114 Å². The van der Waals surface area contributed by atoms with Gasteiger partial charge in [-0.1, -0.05) is 110 Å². The van der Waals surface area contributed by atoms with Crippen LogP contribution >= 0.6 is 0 Å². The first-order valence-corrected chi connectivity index (χ1v) is 13.6. The molecular formula is C33H38N2O2. The molecule has 192 valence electrons. The van der Waals surface area contributed by atoms with Crippen LogP contribution in [0.1, 0.15) is 55.2 Å². The highest BCUT2D eigenvalue weighted by molar-refractivity contribution is 5.92. The molecule has 1 aliphatic carbocycles. The molecule has 0 spiro atoms. The predicted octanol–water partition coefficient (Wildman–Crippen LogP) is 6.52. The zero-order valence-electron chi connectivity index (χ0n) is 21.7. The average Bonchev–Trinajstić information content (AvgIpc) is 2.96. The van der Waals surface area contributed by atoms with Gasteiger partial charge in [-0.15, -0.1) is 0 Å². The van der Waals surface area contributed by atoms with Crippen LogP contribution in [0.15, 0.2) is 97.1 Å². The van der Waals surface area contributed by atoms with E-state index in [9.17, 15) is 9.59 Å². The quantitative estimate of drug-likeness (QED) is 0.285. The largest absolute Gasteiger partial charge is 0.338 e. The minimum atomic E-state index is 0.00227. The summed E-state index contributed by atoms with van der Waals surface area (Å²) in [6.45, 7) is 1.69. The Morgan fingerprint density at radius 1 is 0.730 bits per heavy atom. The number of carbonyl (C=O) groups excluding carboxylic acids is 2. The number of benzene rings is 3. The summed E-state index contributed by atoms with van der Waals surface area (Å²) in [5.41, 5.74) is 3.35. The highest BCUT2D eigenvalue weighted by atomic mass is 16.2. The van der Waals surface area contributed by atoms with Crippen LogP contribution in [0.2, 0.25) is 0 Å². The lowest BCUT2D eigenvalue weighted by Crippen LogP contribution is -2.43. The van der Waals surface area contributed by atoms with Crippen LogP contribution in [0, 0.1) is 0 Å². The van der Waals surface area contributed by atoms with Crippen molar-refractivity contribution >= 4 is 17.9 Å². The lowest BCUT2D eigenvalue weighted by Gasteiger charge is -2.34. The number of carbonyl (C=O) groups is 2. The van der Waals surface area contributed by atoms with Crippen LogP contribution in [-0.2, 0) is 22.6 Å². The fourth-order valence-corrected chi connectivity index (χ4v) is 5.07. The van der Waals surface area contributed by atoms with Gasteiger partial charge in [-0.05, 0) is 42.0 Å². The van der Waals surface area contributed by atoms with E-state index in [-0.39, 0.29) is 17.9 Å². The third kappa shape index (κ3) is 8.45. The molecule has 4 heteroatoms. The van der Waals surface area contributed by atoms with Gasteiger partial charge in [0.1, 0.15) is 0 Å². The van der Waals surface area contributed by atoms with Crippen molar-refractivity contribution in [2.24, 2.45) is 0 Å². The SMILES string of the molecule is O=C(CCN(C(=O)/C=C/c1ccccc1)C1CCCCC1)N(CCc1ccccc1)Cc1ccccc1. The molecule has 0 radical (unpaired) electrons. The van der Waals surface area contributed by atoms with Gasteiger partial charge >= 0.3 is 0 Å². The number of hydrogen-bond donors (Lipinski definition) is 0. The maximum absolute atomic E-state index is 13.5.